The number of carbonyl (C=O) groups is 1. The van der Waals surface area contributed by atoms with Gasteiger partial charge in [0.25, 0.3) is 0 Å². The molecule has 0 radical (unpaired) electrons. The topological polar surface area (TPSA) is 69.6 Å². The van der Waals surface area contributed by atoms with Crippen LogP contribution in [0.2, 0.25) is 0 Å². The molecule has 17 heavy (non-hydrogen) atoms. The molecule has 1 fully saturated rings. The minimum Gasteiger partial charge on any atom is -0.393 e. The lowest BCUT2D eigenvalue weighted by Crippen LogP contribution is -2.43. The third-order valence-corrected chi connectivity index (χ3v) is 3.46. The fraction of sp³-hybridized carbons (Fsp3) is 0.923. The van der Waals surface area contributed by atoms with Crippen LogP contribution in [0.15, 0.2) is 0 Å². The molecule has 0 spiro atoms. The zero-order chi connectivity index (χ0) is 12.7. The van der Waals surface area contributed by atoms with Crippen LogP contribution in [0, 0.1) is 5.92 Å². The summed E-state index contributed by atoms with van der Waals surface area (Å²) in [6.07, 6.45) is 7.88. The van der Waals surface area contributed by atoms with Crippen molar-refractivity contribution in [3.8, 4) is 0 Å². The average molecular weight is 243 g/mol. The summed E-state index contributed by atoms with van der Waals surface area (Å²) in [5.41, 5.74) is -1.21. The first kappa shape index (κ1) is 14.5. The summed E-state index contributed by atoms with van der Waals surface area (Å²) in [6, 6.07) is 0. The Morgan fingerprint density at radius 2 is 1.88 bits per heavy atom. The highest BCUT2D eigenvalue weighted by Crippen LogP contribution is 2.25. The van der Waals surface area contributed by atoms with Crippen molar-refractivity contribution in [2.24, 2.45) is 5.92 Å². The summed E-state index contributed by atoms with van der Waals surface area (Å²) in [7, 11) is 0. The zero-order valence-corrected chi connectivity index (χ0v) is 10.7. The van der Waals surface area contributed by atoms with Crippen LogP contribution >= 0.6 is 0 Å². The van der Waals surface area contributed by atoms with E-state index in [1.165, 1.54) is 32.6 Å². The van der Waals surface area contributed by atoms with Gasteiger partial charge in [-0.25, -0.2) is 0 Å². The molecule has 1 amide bonds. The second-order valence-electron chi connectivity index (χ2n) is 5.49. The number of rotatable bonds is 5. The molecule has 4 nitrogen and oxygen atoms in total. The number of nitrogens with one attached hydrogen (secondary N) is 1. The van der Waals surface area contributed by atoms with Gasteiger partial charge in [0.05, 0.1) is 6.61 Å². The van der Waals surface area contributed by atoms with Crippen molar-refractivity contribution >= 4 is 5.91 Å². The monoisotopic (exact) mass is 243 g/mol. The van der Waals surface area contributed by atoms with Crippen LogP contribution in [0.4, 0.5) is 0 Å². The highest BCUT2D eigenvalue weighted by molar-refractivity contribution is 5.76. The molecule has 1 saturated carbocycles. The molecule has 4 heteroatoms. The quantitative estimate of drug-likeness (QED) is 0.636. The van der Waals surface area contributed by atoms with E-state index < -0.39 is 5.60 Å². The predicted octanol–water partition coefficient (Wildman–Crippen LogP) is 1.21. The first-order chi connectivity index (χ1) is 8.03. The fourth-order valence-corrected chi connectivity index (χ4v) is 2.25. The molecule has 1 aliphatic rings. The Labute approximate surface area is 103 Å². The smallest absolute Gasteiger partial charge is 0.220 e. The number of amides is 1. The molecule has 1 rings (SSSR count). The van der Waals surface area contributed by atoms with Gasteiger partial charge in [0.15, 0.2) is 0 Å². The zero-order valence-electron chi connectivity index (χ0n) is 10.7. The van der Waals surface area contributed by atoms with Crippen LogP contribution in [-0.2, 0) is 4.79 Å². The highest BCUT2D eigenvalue weighted by atomic mass is 16.3. The molecular formula is C13H25NO3. The van der Waals surface area contributed by atoms with Gasteiger partial charge >= 0.3 is 0 Å². The Bertz CT molecular complexity index is 233. The molecule has 100 valence electrons. The van der Waals surface area contributed by atoms with Crippen molar-refractivity contribution < 1.29 is 15.0 Å². The first-order valence-electron chi connectivity index (χ1n) is 6.63. The van der Waals surface area contributed by atoms with Gasteiger partial charge < -0.3 is 15.5 Å². The standard InChI is InChI=1S/C13H25NO3/c1-13(17,10-15)9-14-12(16)8-11-6-4-2-3-5-7-11/h11,15,17H,2-10H2,1H3,(H,14,16). The van der Waals surface area contributed by atoms with Crippen molar-refractivity contribution in [3.63, 3.8) is 0 Å². The van der Waals surface area contributed by atoms with Crippen LogP contribution < -0.4 is 5.32 Å². The third kappa shape index (κ3) is 6.03. The molecule has 3 N–H and O–H groups in total. The molecule has 0 aliphatic heterocycles. The Hall–Kier alpha value is -0.610. The fourth-order valence-electron chi connectivity index (χ4n) is 2.25. The maximum Gasteiger partial charge on any atom is 0.220 e. The summed E-state index contributed by atoms with van der Waals surface area (Å²) >= 11 is 0. The number of aliphatic hydroxyl groups is 2. The molecule has 1 atom stereocenters. The molecule has 0 saturated heterocycles. The van der Waals surface area contributed by atoms with Gasteiger partial charge in [0.2, 0.25) is 5.91 Å². The van der Waals surface area contributed by atoms with Crippen molar-refractivity contribution in [2.75, 3.05) is 13.2 Å². The van der Waals surface area contributed by atoms with E-state index in [1.54, 1.807) is 0 Å². The van der Waals surface area contributed by atoms with Crippen LogP contribution in [0.25, 0.3) is 0 Å². The van der Waals surface area contributed by atoms with Crippen LogP contribution in [0.5, 0.6) is 0 Å². The largest absolute Gasteiger partial charge is 0.393 e. The van der Waals surface area contributed by atoms with Crippen LogP contribution in [0.1, 0.15) is 51.9 Å². The molecule has 0 aromatic rings. The Kier molecular flexibility index (Phi) is 5.92. The maximum atomic E-state index is 11.7. The molecule has 0 aromatic heterocycles. The van der Waals surface area contributed by atoms with Gasteiger partial charge in [0.1, 0.15) is 5.60 Å². The van der Waals surface area contributed by atoms with Gasteiger partial charge in [-0.15, -0.1) is 0 Å². The van der Waals surface area contributed by atoms with Crippen LogP contribution in [0.3, 0.4) is 0 Å². The van der Waals surface area contributed by atoms with Crippen molar-refractivity contribution in [2.45, 2.75) is 57.5 Å². The Morgan fingerprint density at radius 3 is 2.41 bits per heavy atom. The van der Waals surface area contributed by atoms with Crippen molar-refractivity contribution in [3.05, 3.63) is 0 Å². The SMILES string of the molecule is CC(O)(CO)CNC(=O)CC1CCCCCC1. The number of carbonyl (C=O) groups excluding carboxylic acids is 1. The number of aliphatic hydroxyl groups excluding tert-OH is 1. The van der Waals surface area contributed by atoms with Gasteiger partial charge in [-0.2, -0.15) is 0 Å². The minimum atomic E-state index is -1.21. The van der Waals surface area contributed by atoms with Gasteiger partial charge in [-0.05, 0) is 25.7 Å². The van der Waals surface area contributed by atoms with Gasteiger partial charge in [-0.3, -0.25) is 4.79 Å². The summed E-state index contributed by atoms with van der Waals surface area (Å²) < 4.78 is 0. The molecule has 1 unspecified atom stereocenters. The molecular weight excluding hydrogens is 218 g/mol. The van der Waals surface area contributed by atoms with E-state index in [4.69, 9.17) is 5.11 Å². The minimum absolute atomic E-state index is 0.00868. The van der Waals surface area contributed by atoms with E-state index in [1.807, 2.05) is 0 Å². The predicted molar refractivity (Wildman–Crippen MR) is 66.5 cm³/mol. The van der Waals surface area contributed by atoms with E-state index in [0.717, 1.165) is 12.8 Å². The third-order valence-electron chi connectivity index (χ3n) is 3.46. The summed E-state index contributed by atoms with van der Waals surface area (Å²) in [6.45, 7) is 1.30. The van der Waals surface area contributed by atoms with Crippen molar-refractivity contribution in [1.29, 1.82) is 0 Å². The Morgan fingerprint density at radius 1 is 1.29 bits per heavy atom. The lowest BCUT2D eigenvalue weighted by atomic mass is 9.96. The normalized spacial score (nSPS) is 21.6. The summed E-state index contributed by atoms with van der Waals surface area (Å²) in [5.74, 6) is 0.488. The number of hydrogen-bond donors (Lipinski definition) is 3. The molecule has 1 aliphatic carbocycles. The molecule has 0 bridgehead atoms. The lowest BCUT2D eigenvalue weighted by Gasteiger charge is -2.21. The maximum absolute atomic E-state index is 11.7. The van der Waals surface area contributed by atoms with Gasteiger partial charge in [-0.1, -0.05) is 25.7 Å². The molecule has 0 heterocycles. The Balaban J connectivity index is 2.24. The van der Waals surface area contributed by atoms with E-state index >= 15 is 0 Å². The summed E-state index contributed by atoms with van der Waals surface area (Å²) in [5, 5.41) is 21.1. The average Bonchev–Trinajstić information content (AvgIpc) is 2.55. The van der Waals surface area contributed by atoms with E-state index in [2.05, 4.69) is 5.32 Å². The highest BCUT2D eigenvalue weighted by Gasteiger charge is 2.21. The van der Waals surface area contributed by atoms with Crippen LogP contribution in [-0.4, -0.2) is 34.9 Å². The second-order valence-corrected chi connectivity index (χ2v) is 5.49. The second kappa shape index (κ2) is 6.97. The first-order valence-corrected chi connectivity index (χ1v) is 6.63. The number of hydrogen-bond acceptors (Lipinski definition) is 3. The van der Waals surface area contributed by atoms with E-state index in [9.17, 15) is 9.90 Å². The van der Waals surface area contributed by atoms with E-state index in [0.29, 0.717) is 12.3 Å². The molecule has 0 aromatic carbocycles. The van der Waals surface area contributed by atoms with Crippen molar-refractivity contribution in [1.82, 2.24) is 5.32 Å². The lowest BCUT2D eigenvalue weighted by molar-refractivity contribution is -0.123. The van der Waals surface area contributed by atoms with Gasteiger partial charge in [0, 0.05) is 13.0 Å². The summed E-state index contributed by atoms with van der Waals surface area (Å²) in [4.78, 5) is 11.7. The van der Waals surface area contributed by atoms with E-state index in [-0.39, 0.29) is 19.1 Å².